The lowest BCUT2D eigenvalue weighted by molar-refractivity contribution is 0.404. The summed E-state index contributed by atoms with van der Waals surface area (Å²) in [5.74, 6) is 1.31. The summed E-state index contributed by atoms with van der Waals surface area (Å²) in [6.45, 7) is 5.24. The molecule has 122 valence electrons. The van der Waals surface area contributed by atoms with Gasteiger partial charge in [-0.1, -0.05) is 30.7 Å². The van der Waals surface area contributed by atoms with Crippen molar-refractivity contribution >= 4 is 17.5 Å². The molecule has 1 fully saturated rings. The van der Waals surface area contributed by atoms with Gasteiger partial charge in [0.2, 0.25) is 5.95 Å². The highest BCUT2D eigenvalue weighted by atomic mass is 35.5. The largest absolute Gasteiger partial charge is 0.341 e. The Bertz CT molecular complexity index is 611. The van der Waals surface area contributed by atoms with Crippen LogP contribution >= 0.6 is 11.6 Å². The Morgan fingerprint density at radius 2 is 1.96 bits per heavy atom. The van der Waals surface area contributed by atoms with Crippen LogP contribution in [0.2, 0.25) is 5.02 Å². The zero-order chi connectivity index (χ0) is 16.1. The summed E-state index contributed by atoms with van der Waals surface area (Å²) in [5.41, 5.74) is 1.29. The van der Waals surface area contributed by atoms with E-state index < -0.39 is 0 Å². The molecule has 0 bridgehead atoms. The summed E-state index contributed by atoms with van der Waals surface area (Å²) in [6, 6.07) is 10.6. The van der Waals surface area contributed by atoms with E-state index in [2.05, 4.69) is 39.2 Å². The Balaban J connectivity index is 1.46. The predicted molar refractivity (Wildman–Crippen MR) is 95.1 cm³/mol. The Labute approximate surface area is 142 Å². The van der Waals surface area contributed by atoms with E-state index in [9.17, 15) is 0 Å². The monoisotopic (exact) mass is 330 g/mol. The number of hydrogen-bond donors (Lipinski definition) is 1. The molecule has 3 rings (SSSR count). The third kappa shape index (κ3) is 4.43. The van der Waals surface area contributed by atoms with Crippen LogP contribution in [0, 0.1) is 0 Å². The van der Waals surface area contributed by atoms with Crippen LogP contribution in [0.4, 0.5) is 5.95 Å². The fraction of sp³-hybridized carbons (Fsp3) is 0.444. The van der Waals surface area contributed by atoms with Crippen molar-refractivity contribution < 1.29 is 0 Å². The first kappa shape index (κ1) is 16.2. The predicted octanol–water partition coefficient (Wildman–Crippen LogP) is 3.49. The molecule has 4 nitrogen and oxygen atoms in total. The Morgan fingerprint density at radius 3 is 2.65 bits per heavy atom. The molecule has 23 heavy (non-hydrogen) atoms. The summed E-state index contributed by atoms with van der Waals surface area (Å²) >= 11 is 6.07. The van der Waals surface area contributed by atoms with Gasteiger partial charge in [-0.05, 0) is 42.5 Å². The molecule has 5 heteroatoms. The minimum absolute atomic E-state index is 0.462. The van der Waals surface area contributed by atoms with Crippen LogP contribution in [0.25, 0.3) is 0 Å². The van der Waals surface area contributed by atoms with Gasteiger partial charge in [0.1, 0.15) is 0 Å². The molecular weight excluding hydrogens is 308 g/mol. The first-order valence-electron chi connectivity index (χ1n) is 8.23. The molecule has 1 aromatic carbocycles. The second-order valence-electron chi connectivity index (χ2n) is 6.17. The summed E-state index contributed by atoms with van der Waals surface area (Å²) in [6.07, 6.45) is 5.86. The number of halogens is 1. The zero-order valence-corrected chi connectivity index (χ0v) is 14.2. The van der Waals surface area contributed by atoms with Crippen molar-refractivity contribution in [3.8, 4) is 0 Å². The Hall–Kier alpha value is -1.65. The smallest absolute Gasteiger partial charge is 0.225 e. The van der Waals surface area contributed by atoms with Gasteiger partial charge in [-0.25, -0.2) is 9.97 Å². The highest BCUT2D eigenvalue weighted by Gasteiger charge is 2.21. The Morgan fingerprint density at radius 1 is 1.22 bits per heavy atom. The molecule has 0 saturated carbocycles. The maximum atomic E-state index is 6.07. The van der Waals surface area contributed by atoms with Crippen molar-refractivity contribution in [1.82, 2.24) is 15.3 Å². The lowest BCUT2D eigenvalue weighted by Gasteiger charge is -2.33. The third-order valence-corrected chi connectivity index (χ3v) is 4.70. The molecule has 2 aromatic rings. The van der Waals surface area contributed by atoms with E-state index in [1.54, 1.807) is 12.4 Å². The molecule has 1 saturated heterocycles. The molecule has 0 unspecified atom stereocenters. The van der Waals surface area contributed by atoms with Gasteiger partial charge in [0.25, 0.3) is 0 Å². The second kappa shape index (κ2) is 7.75. The van der Waals surface area contributed by atoms with Crippen LogP contribution in [-0.2, 0) is 0 Å². The molecule has 0 radical (unpaired) electrons. The van der Waals surface area contributed by atoms with Crippen LogP contribution in [0.15, 0.2) is 42.7 Å². The SMILES string of the molecule is C[C@@H](CNC1CCN(c2ncccn2)CC1)c1cccc(Cl)c1. The van der Waals surface area contributed by atoms with E-state index in [0.717, 1.165) is 43.4 Å². The van der Waals surface area contributed by atoms with E-state index in [1.165, 1.54) is 5.56 Å². The van der Waals surface area contributed by atoms with Crippen LogP contribution in [0.5, 0.6) is 0 Å². The summed E-state index contributed by atoms with van der Waals surface area (Å²) in [4.78, 5) is 10.9. The highest BCUT2D eigenvalue weighted by molar-refractivity contribution is 6.30. The zero-order valence-electron chi connectivity index (χ0n) is 13.5. The molecule has 1 aliphatic heterocycles. The first-order chi connectivity index (χ1) is 11.2. The van der Waals surface area contributed by atoms with Gasteiger partial charge >= 0.3 is 0 Å². The third-order valence-electron chi connectivity index (χ3n) is 4.46. The summed E-state index contributed by atoms with van der Waals surface area (Å²) < 4.78 is 0. The minimum Gasteiger partial charge on any atom is -0.341 e. The Kier molecular flexibility index (Phi) is 5.47. The molecule has 0 amide bonds. The number of piperidine rings is 1. The maximum Gasteiger partial charge on any atom is 0.225 e. The number of nitrogens with one attached hydrogen (secondary N) is 1. The van der Waals surface area contributed by atoms with E-state index in [1.807, 2.05) is 18.2 Å². The highest BCUT2D eigenvalue weighted by Crippen LogP contribution is 2.20. The first-order valence-corrected chi connectivity index (χ1v) is 8.61. The standard InChI is InChI=1S/C18H23ClN4/c1-14(15-4-2-5-16(19)12-15)13-22-17-6-10-23(11-7-17)18-20-8-3-9-21-18/h2-5,8-9,12,14,17,22H,6-7,10-11,13H2,1H3/t14-/m0/s1. The quantitative estimate of drug-likeness (QED) is 0.911. The molecular formula is C18H23ClN4. The van der Waals surface area contributed by atoms with Gasteiger partial charge in [-0.2, -0.15) is 0 Å². The number of anilines is 1. The summed E-state index contributed by atoms with van der Waals surface area (Å²) in [5, 5.41) is 4.51. The number of benzene rings is 1. The van der Waals surface area contributed by atoms with Crippen LogP contribution in [-0.4, -0.2) is 35.6 Å². The molecule has 0 spiro atoms. The van der Waals surface area contributed by atoms with E-state index >= 15 is 0 Å². The van der Waals surface area contributed by atoms with E-state index in [0.29, 0.717) is 12.0 Å². The van der Waals surface area contributed by atoms with Crippen molar-refractivity contribution in [2.75, 3.05) is 24.5 Å². The molecule has 1 aromatic heterocycles. The average molecular weight is 331 g/mol. The lowest BCUT2D eigenvalue weighted by atomic mass is 9.99. The van der Waals surface area contributed by atoms with Gasteiger partial charge in [-0.15, -0.1) is 0 Å². The number of rotatable bonds is 5. The van der Waals surface area contributed by atoms with Crippen molar-refractivity contribution in [3.05, 3.63) is 53.3 Å². The van der Waals surface area contributed by atoms with Crippen molar-refractivity contribution in [1.29, 1.82) is 0 Å². The fourth-order valence-electron chi connectivity index (χ4n) is 3.01. The van der Waals surface area contributed by atoms with Crippen LogP contribution < -0.4 is 10.2 Å². The maximum absolute atomic E-state index is 6.07. The van der Waals surface area contributed by atoms with Gasteiger partial charge in [-0.3, -0.25) is 0 Å². The number of nitrogens with zero attached hydrogens (tertiary/aromatic N) is 3. The summed E-state index contributed by atoms with van der Waals surface area (Å²) in [7, 11) is 0. The van der Waals surface area contributed by atoms with E-state index in [-0.39, 0.29) is 0 Å². The van der Waals surface area contributed by atoms with Crippen molar-refractivity contribution in [2.24, 2.45) is 0 Å². The number of hydrogen-bond acceptors (Lipinski definition) is 4. The van der Waals surface area contributed by atoms with Gasteiger partial charge in [0.05, 0.1) is 0 Å². The normalized spacial score (nSPS) is 17.2. The van der Waals surface area contributed by atoms with Crippen molar-refractivity contribution in [3.63, 3.8) is 0 Å². The molecule has 1 N–H and O–H groups in total. The minimum atomic E-state index is 0.462. The lowest BCUT2D eigenvalue weighted by Crippen LogP contribution is -2.44. The van der Waals surface area contributed by atoms with Gasteiger partial charge in [0.15, 0.2) is 0 Å². The topological polar surface area (TPSA) is 41.0 Å². The average Bonchev–Trinajstić information content (AvgIpc) is 2.61. The molecule has 0 aliphatic carbocycles. The molecule has 1 aliphatic rings. The van der Waals surface area contributed by atoms with Crippen LogP contribution in [0.3, 0.4) is 0 Å². The fourth-order valence-corrected chi connectivity index (χ4v) is 3.21. The number of aromatic nitrogens is 2. The van der Waals surface area contributed by atoms with Crippen molar-refractivity contribution in [2.45, 2.75) is 31.7 Å². The van der Waals surface area contributed by atoms with E-state index in [4.69, 9.17) is 11.6 Å². The van der Waals surface area contributed by atoms with Crippen LogP contribution in [0.1, 0.15) is 31.2 Å². The van der Waals surface area contributed by atoms with Gasteiger partial charge in [0, 0.05) is 43.1 Å². The molecule has 1 atom stereocenters. The van der Waals surface area contributed by atoms with Gasteiger partial charge < -0.3 is 10.2 Å². The second-order valence-corrected chi connectivity index (χ2v) is 6.61. The molecule has 2 heterocycles.